The van der Waals surface area contributed by atoms with Gasteiger partial charge in [-0.1, -0.05) is 48.6 Å². The molecular formula is C19H26ClNO. The quantitative estimate of drug-likeness (QED) is 0.420. The summed E-state index contributed by atoms with van der Waals surface area (Å²) in [4.78, 5) is 0. The van der Waals surface area contributed by atoms with Crippen molar-refractivity contribution in [1.82, 2.24) is 0 Å². The van der Waals surface area contributed by atoms with Crippen LogP contribution >= 0.6 is 0 Å². The second-order valence-corrected chi connectivity index (χ2v) is 6.51. The Balaban J connectivity index is 0.00000242. The highest BCUT2D eigenvalue weighted by Gasteiger charge is 2.15. The summed E-state index contributed by atoms with van der Waals surface area (Å²) in [5.74, 6) is 0. The number of rotatable bonds is 7. The van der Waals surface area contributed by atoms with Gasteiger partial charge in [0.05, 0.1) is 27.3 Å². The summed E-state index contributed by atoms with van der Waals surface area (Å²) in [5, 5.41) is 2.62. The van der Waals surface area contributed by atoms with Gasteiger partial charge in [-0.2, -0.15) is 0 Å². The van der Waals surface area contributed by atoms with Gasteiger partial charge in [0.2, 0.25) is 0 Å². The van der Waals surface area contributed by atoms with Crippen LogP contribution in [-0.2, 0) is 11.3 Å². The Morgan fingerprint density at radius 3 is 2.45 bits per heavy atom. The molecule has 0 saturated carbocycles. The Kier molecular flexibility index (Phi) is 7.08. The van der Waals surface area contributed by atoms with E-state index in [0.29, 0.717) is 6.61 Å². The molecule has 0 saturated heterocycles. The molecule has 0 atom stereocenters. The molecule has 0 aliphatic carbocycles. The maximum Gasteiger partial charge on any atom is 0.104 e. The topological polar surface area (TPSA) is 9.23 Å². The lowest BCUT2D eigenvalue weighted by atomic mass is 10.1. The van der Waals surface area contributed by atoms with E-state index in [-0.39, 0.29) is 12.4 Å². The molecule has 120 valence electrons. The average Bonchev–Trinajstić information content (AvgIpc) is 2.43. The van der Waals surface area contributed by atoms with Gasteiger partial charge in [0.15, 0.2) is 0 Å². The third-order valence-corrected chi connectivity index (χ3v) is 3.61. The van der Waals surface area contributed by atoms with E-state index >= 15 is 0 Å². The standard InChI is InChI=1S/C19H26NO.ClH/c1-16(2)15-21-12-11-20(3,4)14-17-9-10-18-7-5-6-8-19(18)13-17;/h5-10,13H,1,11-12,14-15H2,2-4H3;1H/q+1;/p-1. The minimum absolute atomic E-state index is 0. The maximum absolute atomic E-state index is 5.62. The molecule has 2 rings (SSSR count). The Hall–Kier alpha value is -1.35. The number of halogens is 1. The van der Waals surface area contributed by atoms with E-state index in [1.54, 1.807) is 0 Å². The molecule has 0 radical (unpaired) electrons. The monoisotopic (exact) mass is 319 g/mol. The van der Waals surface area contributed by atoms with Crippen LogP contribution in [0.15, 0.2) is 54.6 Å². The van der Waals surface area contributed by atoms with Crippen molar-refractivity contribution in [2.24, 2.45) is 0 Å². The summed E-state index contributed by atoms with van der Waals surface area (Å²) in [7, 11) is 4.50. The Labute approximate surface area is 140 Å². The molecule has 0 N–H and O–H groups in total. The fraction of sp³-hybridized carbons (Fsp3) is 0.368. The highest BCUT2D eigenvalue weighted by atomic mass is 35.5. The molecule has 0 amide bonds. The maximum atomic E-state index is 5.62. The molecule has 2 nitrogen and oxygen atoms in total. The number of hydrogen-bond acceptors (Lipinski definition) is 1. The number of likely N-dealkylation sites (N-methyl/N-ethyl adjacent to an activating group) is 1. The number of fused-ring (bicyclic) bond motifs is 1. The zero-order chi connectivity index (χ0) is 15.3. The van der Waals surface area contributed by atoms with E-state index in [1.165, 1.54) is 16.3 Å². The third kappa shape index (κ3) is 5.80. The lowest BCUT2D eigenvalue weighted by molar-refractivity contribution is -0.904. The first-order valence-corrected chi connectivity index (χ1v) is 7.48. The number of ether oxygens (including phenoxy) is 1. The number of benzene rings is 2. The summed E-state index contributed by atoms with van der Waals surface area (Å²) in [5.41, 5.74) is 2.45. The summed E-state index contributed by atoms with van der Waals surface area (Å²) >= 11 is 0. The summed E-state index contributed by atoms with van der Waals surface area (Å²) in [6.07, 6.45) is 0. The van der Waals surface area contributed by atoms with Gasteiger partial charge in [-0.25, -0.2) is 0 Å². The van der Waals surface area contributed by atoms with Gasteiger partial charge in [0.1, 0.15) is 13.1 Å². The van der Waals surface area contributed by atoms with Crippen molar-refractivity contribution in [2.75, 3.05) is 33.9 Å². The average molecular weight is 320 g/mol. The second kappa shape index (κ2) is 8.33. The molecule has 2 aromatic carbocycles. The van der Waals surface area contributed by atoms with Gasteiger partial charge in [-0.3, -0.25) is 0 Å². The molecule has 0 fully saturated rings. The first kappa shape index (κ1) is 18.7. The summed E-state index contributed by atoms with van der Waals surface area (Å²) in [6, 6.07) is 15.3. The van der Waals surface area contributed by atoms with Crippen molar-refractivity contribution in [1.29, 1.82) is 0 Å². The number of hydrogen-bond donors (Lipinski definition) is 0. The second-order valence-electron chi connectivity index (χ2n) is 6.51. The minimum atomic E-state index is 0. The minimum Gasteiger partial charge on any atom is -1.00 e. The van der Waals surface area contributed by atoms with Crippen LogP contribution in [0.4, 0.5) is 0 Å². The lowest BCUT2D eigenvalue weighted by Gasteiger charge is -2.30. The molecule has 0 heterocycles. The largest absolute Gasteiger partial charge is 1.00 e. The van der Waals surface area contributed by atoms with E-state index in [9.17, 15) is 0 Å². The molecule has 2 aromatic rings. The van der Waals surface area contributed by atoms with Crippen molar-refractivity contribution in [3.8, 4) is 0 Å². The van der Waals surface area contributed by atoms with Gasteiger partial charge in [0, 0.05) is 5.56 Å². The van der Waals surface area contributed by atoms with Crippen LogP contribution in [-0.4, -0.2) is 38.3 Å². The Bertz CT molecular complexity index is 622. The van der Waals surface area contributed by atoms with Crippen molar-refractivity contribution >= 4 is 10.8 Å². The van der Waals surface area contributed by atoms with E-state index < -0.39 is 0 Å². The van der Waals surface area contributed by atoms with Crippen molar-refractivity contribution < 1.29 is 21.6 Å². The van der Waals surface area contributed by atoms with Crippen molar-refractivity contribution in [3.05, 3.63) is 60.2 Å². The smallest absolute Gasteiger partial charge is 0.104 e. The molecule has 3 heteroatoms. The highest BCUT2D eigenvalue weighted by molar-refractivity contribution is 5.82. The van der Waals surface area contributed by atoms with Gasteiger partial charge >= 0.3 is 0 Å². The molecule has 22 heavy (non-hydrogen) atoms. The summed E-state index contributed by atoms with van der Waals surface area (Å²) in [6.45, 7) is 9.30. The fourth-order valence-electron chi connectivity index (χ4n) is 2.47. The van der Waals surface area contributed by atoms with Gasteiger partial charge in [-0.05, 0) is 23.8 Å². The predicted octanol–water partition coefficient (Wildman–Crippen LogP) is 1.01. The van der Waals surface area contributed by atoms with Crippen LogP contribution in [0.2, 0.25) is 0 Å². The van der Waals surface area contributed by atoms with Gasteiger partial charge < -0.3 is 21.6 Å². The van der Waals surface area contributed by atoms with Gasteiger partial charge in [-0.15, -0.1) is 0 Å². The third-order valence-electron chi connectivity index (χ3n) is 3.61. The van der Waals surface area contributed by atoms with Crippen LogP contribution in [0.3, 0.4) is 0 Å². The molecule has 0 unspecified atom stereocenters. The predicted molar refractivity (Wildman–Crippen MR) is 90.3 cm³/mol. The van der Waals surface area contributed by atoms with E-state index in [1.807, 2.05) is 6.92 Å². The van der Waals surface area contributed by atoms with Crippen molar-refractivity contribution in [3.63, 3.8) is 0 Å². The van der Waals surface area contributed by atoms with Crippen LogP contribution in [0.1, 0.15) is 12.5 Å². The Morgan fingerprint density at radius 1 is 1.09 bits per heavy atom. The van der Waals surface area contributed by atoms with Gasteiger partial charge in [0.25, 0.3) is 0 Å². The molecule has 0 aliphatic rings. The van der Waals surface area contributed by atoms with E-state index in [4.69, 9.17) is 4.74 Å². The normalized spacial score (nSPS) is 11.2. The van der Waals surface area contributed by atoms with E-state index in [0.717, 1.165) is 29.8 Å². The Morgan fingerprint density at radius 2 is 1.77 bits per heavy atom. The SMILES string of the molecule is C=C(C)COCC[N+](C)(C)Cc1ccc2ccccc2c1.[Cl-]. The first-order chi connectivity index (χ1) is 9.96. The molecule has 0 bridgehead atoms. The number of nitrogens with zero attached hydrogens (tertiary/aromatic N) is 1. The van der Waals surface area contributed by atoms with E-state index in [2.05, 4.69) is 63.1 Å². The summed E-state index contributed by atoms with van der Waals surface area (Å²) < 4.78 is 6.55. The number of quaternary nitrogens is 1. The van der Waals surface area contributed by atoms with Crippen LogP contribution in [0, 0.1) is 0 Å². The highest BCUT2D eigenvalue weighted by Crippen LogP contribution is 2.18. The van der Waals surface area contributed by atoms with Crippen LogP contribution in [0.5, 0.6) is 0 Å². The zero-order valence-electron chi connectivity index (χ0n) is 13.8. The molecule has 0 aromatic heterocycles. The fourth-order valence-corrected chi connectivity index (χ4v) is 2.47. The zero-order valence-corrected chi connectivity index (χ0v) is 14.6. The first-order valence-electron chi connectivity index (χ1n) is 7.48. The molecule has 0 aliphatic heterocycles. The lowest BCUT2D eigenvalue weighted by Crippen LogP contribution is -3.00. The van der Waals surface area contributed by atoms with Crippen LogP contribution in [0.25, 0.3) is 10.8 Å². The molecule has 0 spiro atoms. The van der Waals surface area contributed by atoms with Crippen LogP contribution < -0.4 is 12.4 Å². The molecular weight excluding hydrogens is 294 g/mol. The van der Waals surface area contributed by atoms with Crippen molar-refractivity contribution in [2.45, 2.75) is 13.5 Å².